The smallest absolute Gasteiger partial charge is 0.247 e. The van der Waals surface area contributed by atoms with Crippen molar-refractivity contribution in [1.29, 1.82) is 0 Å². The van der Waals surface area contributed by atoms with Crippen LogP contribution < -0.4 is 5.32 Å². The third-order valence-electron chi connectivity index (χ3n) is 5.64. The lowest BCUT2D eigenvalue weighted by Crippen LogP contribution is -2.50. The van der Waals surface area contributed by atoms with Gasteiger partial charge in [-0.05, 0) is 37.0 Å². The number of aromatic nitrogens is 3. The summed E-state index contributed by atoms with van der Waals surface area (Å²) < 4.78 is 1.85. The van der Waals surface area contributed by atoms with Crippen LogP contribution in [0.4, 0.5) is 5.69 Å². The first-order chi connectivity index (χ1) is 14.8. The second-order valence-electron chi connectivity index (χ2n) is 8.92. The van der Waals surface area contributed by atoms with Crippen molar-refractivity contribution in [2.75, 3.05) is 5.32 Å². The number of nitrogens with zero attached hydrogens (tertiary/aromatic N) is 4. The van der Waals surface area contributed by atoms with Crippen molar-refractivity contribution >= 4 is 28.5 Å². The average molecular weight is 420 g/mol. The standard InChI is InChI=1S/C24H29N5O2/c1-15(2)9-22(30)28-14-18-8-6-5-7-17(18)11-21(28)24(31)27-20-10-19-12-26-29(16(3)4)23(19)25-13-20/h5-8,10,12-13,15-16,21H,9,11,14H2,1-4H3,(H,27,31). The molecule has 0 bridgehead atoms. The molecule has 0 aliphatic carbocycles. The summed E-state index contributed by atoms with van der Waals surface area (Å²) in [7, 11) is 0. The van der Waals surface area contributed by atoms with Gasteiger partial charge in [-0.1, -0.05) is 38.1 Å². The maximum Gasteiger partial charge on any atom is 0.247 e. The van der Waals surface area contributed by atoms with Crippen molar-refractivity contribution in [2.45, 2.75) is 59.2 Å². The fourth-order valence-electron chi connectivity index (χ4n) is 4.10. The van der Waals surface area contributed by atoms with Crippen LogP contribution in [0.3, 0.4) is 0 Å². The summed E-state index contributed by atoms with van der Waals surface area (Å²) in [4.78, 5) is 32.4. The Kier molecular flexibility index (Phi) is 5.76. The molecular weight excluding hydrogens is 390 g/mol. The van der Waals surface area contributed by atoms with E-state index in [2.05, 4.69) is 15.4 Å². The van der Waals surface area contributed by atoms with Crippen LogP contribution in [0.25, 0.3) is 11.0 Å². The molecule has 0 saturated carbocycles. The molecule has 2 amide bonds. The topological polar surface area (TPSA) is 80.1 Å². The van der Waals surface area contributed by atoms with Gasteiger partial charge in [0.05, 0.1) is 18.1 Å². The lowest BCUT2D eigenvalue weighted by molar-refractivity contribution is -0.140. The molecule has 1 atom stereocenters. The highest BCUT2D eigenvalue weighted by Gasteiger charge is 2.34. The molecule has 7 heteroatoms. The largest absolute Gasteiger partial charge is 0.326 e. The van der Waals surface area contributed by atoms with Crippen molar-refractivity contribution in [3.63, 3.8) is 0 Å². The number of carbonyl (C=O) groups is 2. The molecule has 7 nitrogen and oxygen atoms in total. The van der Waals surface area contributed by atoms with Crippen LogP contribution in [0, 0.1) is 5.92 Å². The molecule has 4 rings (SSSR count). The van der Waals surface area contributed by atoms with Crippen LogP contribution in [0.15, 0.2) is 42.7 Å². The Hall–Kier alpha value is -3.22. The summed E-state index contributed by atoms with van der Waals surface area (Å²) in [6, 6.07) is 9.55. The Labute approximate surface area is 182 Å². The Morgan fingerprint density at radius 3 is 2.58 bits per heavy atom. The second-order valence-corrected chi connectivity index (χ2v) is 8.92. The van der Waals surface area contributed by atoms with E-state index in [1.165, 1.54) is 0 Å². The van der Waals surface area contributed by atoms with E-state index in [4.69, 9.17) is 0 Å². The second kappa shape index (κ2) is 8.49. The first kappa shape index (κ1) is 21.0. The molecule has 2 aromatic heterocycles. The van der Waals surface area contributed by atoms with E-state index in [1.54, 1.807) is 17.3 Å². The number of benzene rings is 1. The van der Waals surface area contributed by atoms with Crippen LogP contribution in [0.1, 0.15) is 51.3 Å². The number of hydrogen-bond acceptors (Lipinski definition) is 4. The van der Waals surface area contributed by atoms with E-state index in [1.807, 2.05) is 62.7 Å². The summed E-state index contributed by atoms with van der Waals surface area (Å²) in [6.45, 7) is 8.59. The van der Waals surface area contributed by atoms with Gasteiger partial charge >= 0.3 is 0 Å². The van der Waals surface area contributed by atoms with Crippen LogP contribution in [-0.4, -0.2) is 37.5 Å². The van der Waals surface area contributed by atoms with E-state index in [0.717, 1.165) is 22.2 Å². The van der Waals surface area contributed by atoms with Gasteiger partial charge in [-0.3, -0.25) is 9.59 Å². The molecule has 0 spiro atoms. The molecule has 3 aromatic rings. The van der Waals surface area contributed by atoms with Crippen molar-refractivity contribution in [2.24, 2.45) is 5.92 Å². The highest BCUT2D eigenvalue weighted by atomic mass is 16.2. The van der Waals surface area contributed by atoms with Crippen LogP contribution in [-0.2, 0) is 22.6 Å². The fraction of sp³-hybridized carbons (Fsp3) is 0.417. The van der Waals surface area contributed by atoms with Gasteiger partial charge in [0, 0.05) is 30.8 Å². The zero-order valence-electron chi connectivity index (χ0n) is 18.5. The molecule has 1 aromatic carbocycles. The zero-order chi connectivity index (χ0) is 22.1. The molecule has 1 aliphatic rings. The first-order valence-electron chi connectivity index (χ1n) is 10.8. The summed E-state index contributed by atoms with van der Waals surface area (Å²) in [5.74, 6) is 0.0536. The third-order valence-corrected chi connectivity index (χ3v) is 5.64. The highest BCUT2D eigenvalue weighted by Crippen LogP contribution is 2.26. The number of anilines is 1. The molecule has 1 aliphatic heterocycles. The average Bonchev–Trinajstić information content (AvgIpc) is 3.15. The molecular formula is C24H29N5O2. The van der Waals surface area contributed by atoms with Gasteiger partial charge in [-0.25, -0.2) is 9.67 Å². The number of pyridine rings is 1. The summed E-state index contributed by atoms with van der Waals surface area (Å²) >= 11 is 0. The predicted octanol–water partition coefficient (Wildman–Crippen LogP) is 3.95. The Bertz CT molecular complexity index is 1120. The summed E-state index contributed by atoms with van der Waals surface area (Å²) in [5, 5.41) is 8.23. The van der Waals surface area contributed by atoms with Gasteiger partial charge in [0.15, 0.2) is 5.65 Å². The number of carbonyl (C=O) groups excluding carboxylic acids is 2. The Morgan fingerprint density at radius 2 is 1.87 bits per heavy atom. The molecule has 31 heavy (non-hydrogen) atoms. The minimum atomic E-state index is -0.546. The molecule has 1 unspecified atom stereocenters. The van der Waals surface area contributed by atoms with Gasteiger partial charge < -0.3 is 10.2 Å². The quantitative estimate of drug-likeness (QED) is 0.679. The van der Waals surface area contributed by atoms with E-state index in [0.29, 0.717) is 25.1 Å². The first-order valence-corrected chi connectivity index (χ1v) is 10.8. The molecule has 1 N–H and O–H groups in total. The zero-order valence-corrected chi connectivity index (χ0v) is 18.5. The van der Waals surface area contributed by atoms with E-state index in [-0.39, 0.29) is 23.8 Å². The Morgan fingerprint density at radius 1 is 1.13 bits per heavy atom. The number of fused-ring (bicyclic) bond motifs is 2. The van der Waals surface area contributed by atoms with E-state index in [9.17, 15) is 9.59 Å². The monoisotopic (exact) mass is 419 g/mol. The van der Waals surface area contributed by atoms with Gasteiger partial charge in [0.1, 0.15) is 6.04 Å². The van der Waals surface area contributed by atoms with Crippen molar-refractivity contribution in [1.82, 2.24) is 19.7 Å². The van der Waals surface area contributed by atoms with Gasteiger partial charge in [-0.2, -0.15) is 5.10 Å². The SMILES string of the molecule is CC(C)CC(=O)N1Cc2ccccc2CC1C(=O)Nc1cnc2c(cnn2C(C)C)c1. The van der Waals surface area contributed by atoms with E-state index >= 15 is 0 Å². The van der Waals surface area contributed by atoms with Gasteiger partial charge in [0.25, 0.3) is 0 Å². The van der Waals surface area contributed by atoms with Crippen molar-refractivity contribution < 1.29 is 9.59 Å². The fourth-order valence-corrected chi connectivity index (χ4v) is 4.10. The molecule has 162 valence electrons. The lowest BCUT2D eigenvalue weighted by atomic mass is 9.92. The summed E-state index contributed by atoms with van der Waals surface area (Å²) in [6.07, 6.45) is 4.34. The van der Waals surface area contributed by atoms with Crippen LogP contribution in [0.5, 0.6) is 0 Å². The van der Waals surface area contributed by atoms with Gasteiger partial charge in [0.2, 0.25) is 11.8 Å². The minimum absolute atomic E-state index is 0.0106. The maximum absolute atomic E-state index is 13.3. The lowest BCUT2D eigenvalue weighted by Gasteiger charge is -2.36. The summed E-state index contributed by atoms with van der Waals surface area (Å²) in [5.41, 5.74) is 3.61. The molecule has 0 saturated heterocycles. The number of rotatable bonds is 5. The Balaban J connectivity index is 1.59. The number of hydrogen-bond donors (Lipinski definition) is 1. The number of nitrogens with one attached hydrogen (secondary N) is 1. The predicted molar refractivity (Wildman–Crippen MR) is 120 cm³/mol. The van der Waals surface area contributed by atoms with E-state index < -0.39 is 6.04 Å². The number of amides is 2. The van der Waals surface area contributed by atoms with Crippen LogP contribution in [0.2, 0.25) is 0 Å². The molecule has 3 heterocycles. The van der Waals surface area contributed by atoms with Crippen molar-refractivity contribution in [3.05, 3.63) is 53.9 Å². The normalized spacial score (nSPS) is 16.1. The minimum Gasteiger partial charge on any atom is -0.326 e. The molecule has 0 radical (unpaired) electrons. The highest BCUT2D eigenvalue weighted by molar-refractivity contribution is 5.98. The maximum atomic E-state index is 13.3. The van der Waals surface area contributed by atoms with Crippen molar-refractivity contribution in [3.8, 4) is 0 Å². The van der Waals surface area contributed by atoms with Gasteiger partial charge in [-0.15, -0.1) is 0 Å². The molecule has 0 fully saturated rings. The van der Waals surface area contributed by atoms with Crippen LogP contribution >= 0.6 is 0 Å². The third kappa shape index (κ3) is 4.31.